The van der Waals surface area contributed by atoms with Crippen molar-refractivity contribution in [3.63, 3.8) is 0 Å². The summed E-state index contributed by atoms with van der Waals surface area (Å²) in [6, 6.07) is 52.0. The molecule has 10 aromatic rings. The van der Waals surface area contributed by atoms with Gasteiger partial charge in [-0.1, -0.05) is 152 Å². The Kier molecular flexibility index (Phi) is 5.27. The van der Waals surface area contributed by atoms with E-state index < -0.39 is 0 Å². The molecule has 0 amide bonds. The van der Waals surface area contributed by atoms with Gasteiger partial charge in [-0.15, -0.1) is 0 Å². The molecule has 3 aliphatic carbocycles. The zero-order valence-electron chi connectivity index (χ0n) is 28.7. The Hall–Kier alpha value is -6.70. The van der Waals surface area contributed by atoms with Crippen LogP contribution < -0.4 is 0 Å². The summed E-state index contributed by atoms with van der Waals surface area (Å²) < 4.78 is 7.01. The predicted molar refractivity (Wildman–Crippen MR) is 224 cm³/mol. The lowest BCUT2D eigenvalue weighted by Gasteiger charge is -2.39. The fourth-order valence-corrected chi connectivity index (χ4v) is 10.3. The molecule has 0 radical (unpaired) electrons. The van der Waals surface area contributed by atoms with Crippen LogP contribution in [-0.4, -0.2) is 0 Å². The molecule has 244 valence electrons. The molecular weight excluding hydrogens is 641 g/mol. The third-order valence-corrected chi connectivity index (χ3v) is 12.5. The first-order valence-electron chi connectivity index (χ1n) is 18.7. The van der Waals surface area contributed by atoms with Gasteiger partial charge in [0.25, 0.3) is 0 Å². The first-order chi connectivity index (χ1) is 26.3. The van der Waals surface area contributed by atoms with E-state index in [2.05, 4.69) is 170 Å². The molecule has 2 unspecified atom stereocenters. The van der Waals surface area contributed by atoms with Crippen molar-refractivity contribution in [2.45, 2.75) is 5.92 Å². The van der Waals surface area contributed by atoms with Gasteiger partial charge in [-0.3, -0.25) is 0 Å². The van der Waals surface area contributed by atoms with Gasteiger partial charge < -0.3 is 4.42 Å². The van der Waals surface area contributed by atoms with Crippen molar-refractivity contribution >= 4 is 76.7 Å². The maximum absolute atomic E-state index is 7.01. The van der Waals surface area contributed by atoms with Crippen LogP contribution in [0.5, 0.6) is 0 Å². The molecule has 0 N–H and O–H groups in total. The molecule has 0 spiro atoms. The Labute approximate surface area is 305 Å². The van der Waals surface area contributed by atoms with Gasteiger partial charge in [0.1, 0.15) is 11.2 Å². The van der Waals surface area contributed by atoms with Crippen LogP contribution in [0, 0.1) is 5.92 Å². The summed E-state index contributed by atoms with van der Waals surface area (Å²) >= 11 is 0. The van der Waals surface area contributed by atoms with Crippen LogP contribution >= 0.6 is 0 Å². The van der Waals surface area contributed by atoms with E-state index in [9.17, 15) is 0 Å². The number of benzene rings is 9. The minimum absolute atomic E-state index is 0.308. The fourth-order valence-electron chi connectivity index (χ4n) is 10.3. The Balaban J connectivity index is 1.15. The van der Waals surface area contributed by atoms with E-state index in [0.717, 1.165) is 21.9 Å². The van der Waals surface area contributed by atoms with Crippen molar-refractivity contribution in [2.24, 2.45) is 5.92 Å². The van der Waals surface area contributed by atoms with Gasteiger partial charge in [-0.05, 0) is 112 Å². The molecule has 0 saturated heterocycles. The van der Waals surface area contributed by atoms with Crippen LogP contribution in [0.4, 0.5) is 0 Å². The van der Waals surface area contributed by atoms with E-state index in [4.69, 9.17) is 4.42 Å². The highest BCUT2D eigenvalue weighted by atomic mass is 16.3. The van der Waals surface area contributed by atoms with Crippen LogP contribution in [-0.2, 0) is 0 Å². The van der Waals surface area contributed by atoms with E-state index in [-0.39, 0.29) is 0 Å². The van der Waals surface area contributed by atoms with Crippen molar-refractivity contribution in [1.29, 1.82) is 0 Å². The van der Waals surface area contributed by atoms with E-state index in [1.54, 1.807) is 0 Å². The lowest BCUT2D eigenvalue weighted by molar-refractivity contribution is 0.673. The lowest BCUT2D eigenvalue weighted by Crippen LogP contribution is -2.22. The van der Waals surface area contributed by atoms with Crippen LogP contribution in [0.15, 0.2) is 168 Å². The molecule has 1 heteroatoms. The Morgan fingerprint density at radius 2 is 1.17 bits per heavy atom. The van der Waals surface area contributed by atoms with Gasteiger partial charge in [-0.2, -0.15) is 0 Å². The molecule has 1 heterocycles. The van der Waals surface area contributed by atoms with Gasteiger partial charge in [0.15, 0.2) is 0 Å². The van der Waals surface area contributed by atoms with Crippen molar-refractivity contribution in [3.05, 3.63) is 181 Å². The number of rotatable bonds is 2. The van der Waals surface area contributed by atoms with E-state index in [0.29, 0.717) is 11.8 Å². The molecule has 2 atom stereocenters. The smallest absolute Gasteiger partial charge is 0.143 e. The standard InChI is InChI=1S/C52H30O/c1-2-11-36-29(7-1)17-24-44-50-45(39-21-18-33-16-15-30-8-5-9-31-19-23-42(39)48(33)47(30)31)27-34(28-46(50)53-52(36)44)35-25-26-43-38-13-4-3-12-37(38)40-14-6-10-32-20-22-41(35)51(43)49(32)40/h1-28,32,49H. The second-order valence-electron chi connectivity index (χ2n) is 15.1. The summed E-state index contributed by atoms with van der Waals surface area (Å²) in [7, 11) is 0. The number of hydrogen-bond acceptors (Lipinski definition) is 1. The predicted octanol–water partition coefficient (Wildman–Crippen LogP) is 14.3. The summed E-state index contributed by atoms with van der Waals surface area (Å²) in [5.41, 5.74) is 15.0. The summed E-state index contributed by atoms with van der Waals surface area (Å²) in [5.74, 6) is 0.659. The van der Waals surface area contributed by atoms with Crippen molar-refractivity contribution in [2.75, 3.05) is 0 Å². The zero-order valence-corrected chi connectivity index (χ0v) is 28.7. The molecule has 0 bridgehead atoms. The van der Waals surface area contributed by atoms with Gasteiger partial charge in [0.2, 0.25) is 0 Å². The third-order valence-electron chi connectivity index (χ3n) is 12.5. The largest absolute Gasteiger partial charge is 0.455 e. The SMILES string of the molecule is C1=CC2C=Cc3c(-c4cc(-c5ccc6ccc7cccc8ccc5c6c78)c5c(c4)oc4c6ccccc6ccc45)ccc4c3C2C(=C1)c1ccccc1-4. The van der Waals surface area contributed by atoms with Crippen LogP contribution in [0.2, 0.25) is 0 Å². The molecule has 0 fully saturated rings. The number of hydrogen-bond donors (Lipinski definition) is 0. The fraction of sp³-hybridized carbons (Fsp3) is 0.0385. The highest BCUT2D eigenvalue weighted by Crippen LogP contribution is 2.56. The van der Waals surface area contributed by atoms with Crippen molar-refractivity contribution in [3.8, 4) is 33.4 Å². The average molecular weight is 671 g/mol. The third kappa shape index (κ3) is 3.61. The summed E-state index contributed by atoms with van der Waals surface area (Å²) in [6.45, 7) is 0. The van der Waals surface area contributed by atoms with Crippen LogP contribution in [0.1, 0.15) is 22.6 Å². The average Bonchev–Trinajstić information content (AvgIpc) is 3.61. The maximum atomic E-state index is 7.01. The Morgan fingerprint density at radius 3 is 2.09 bits per heavy atom. The minimum atomic E-state index is 0.308. The number of fused-ring (bicyclic) bond motifs is 8. The quantitative estimate of drug-likeness (QED) is 0.167. The van der Waals surface area contributed by atoms with E-state index >= 15 is 0 Å². The molecule has 0 saturated carbocycles. The molecule has 13 rings (SSSR count). The first kappa shape index (κ1) is 28.0. The second kappa shape index (κ2) is 10.00. The second-order valence-corrected chi connectivity index (χ2v) is 15.1. The summed E-state index contributed by atoms with van der Waals surface area (Å²) in [4.78, 5) is 0. The normalized spacial score (nSPS) is 17.0. The van der Waals surface area contributed by atoms with Gasteiger partial charge in [-0.25, -0.2) is 0 Å². The monoisotopic (exact) mass is 670 g/mol. The van der Waals surface area contributed by atoms with Crippen LogP contribution in [0.3, 0.4) is 0 Å². The Bertz CT molecular complexity index is 3330. The molecule has 3 aliphatic rings. The molecule has 0 aliphatic heterocycles. The summed E-state index contributed by atoms with van der Waals surface area (Å²) in [5, 5.41) is 12.4. The van der Waals surface area contributed by atoms with Gasteiger partial charge >= 0.3 is 0 Å². The first-order valence-corrected chi connectivity index (χ1v) is 18.7. The highest BCUT2D eigenvalue weighted by Gasteiger charge is 2.38. The zero-order chi connectivity index (χ0) is 34.4. The molecule has 53 heavy (non-hydrogen) atoms. The van der Waals surface area contributed by atoms with Crippen LogP contribution in [0.25, 0.3) is 110 Å². The van der Waals surface area contributed by atoms with Gasteiger partial charge in [0, 0.05) is 28.0 Å². The maximum Gasteiger partial charge on any atom is 0.143 e. The molecular formula is C52H30O. The molecule has 9 aromatic carbocycles. The molecule has 1 aromatic heterocycles. The van der Waals surface area contributed by atoms with E-state index in [1.807, 2.05) is 0 Å². The topological polar surface area (TPSA) is 13.1 Å². The summed E-state index contributed by atoms with van der Waals surface area (Å²) in [6.07, 6.45) is 11.8. The number of furan rings is 1. The minimum Gasteiger partial charge on any atom is -0.455 e. The highest BCUT2D eigenvalue weighted by molar-refractivity contribution is 6.28. The number of allylic oxidation sites excluding steroid dienone is 5. The lowest BCUT2D eigenvalue weighted by atomic mass is 9.64. The van der Waals surface area contributed by atoms with Gasteiger partial charge in [0.05, 0.1) is 0 Å². The van der Waals surface area contributed by atoms with Crippen molar-refractivity contribution < 1.29 is 4.42 Å². The van der Waals surface area contributed by atoms with Crippen molar-refractivity contribution in [1.82, 2.24) is 0 Å². The molecule has 1 nitrogen and oxygen atoms in total. The Morgan fingerprint density at radius 1 is 0.453 bits per heavy atom. The van der Waals surface area contributed by atoms with E-state index in [1.165, 1.54) is 98.7 Å².